The van der Waals surface area contributed by atoms with E-state index in [1.54, 1.807) is 36.0 Å². The summed E-state index contributed by atoms with van der Waals surface area (Å²) in [6.07, 6.45) is 7.25. The van der Waals surface area contributed by atoms with Crippen LogP contribution in [-0.2, 0) is 20.4 Å². The zero-order valence-electron chi connectivity index (χ0n) is 31.1. The van der Waals surface area contributed by atoms with E-state index in [1.165, 1.54) is 13.0 Å². The molecule has 1 saturated carbocycles. The van der Waals surface area contributed by atoms with Crippen molar-refractivity contribution in [2.75, 3.05) is 48.7 Å². The molecule has 290 valence electrons. The normalized spacial score (nSPS) is 19.8. The van der Waals surface area contributed by atoms with Crippen molar-refractivity contribution in [2.24, 2.45) is 0 Å². The molecule has 1 aromatic carbocycles. The Bertz CT molecular complexity index is 2380. The number of hydrogen-bond acceptors (Lipinski definition) is 13. The number of benzene rings is 1. The van der Waals surface area contributed by atoms with Crippen LogP contribution in [0.25, 0.3) is 11.0 Å². The summed E-state index contributed by atoms with van der Waals surface area (Å²) in [4.78, 5) is 96.2. The molecule has 3 aromatic heterocycles. The van der Waals surface area contributed by atoms with Gasteiger partial charge in [-0.15, -0.1) is 0 Å². The standard InChI is InChI=1S/C39H41N9O7S/c1-22-27-21-41-39(44-34(27)47(24-6-3-4-7-24)37(53)32(22)23(2)49)42-30-12-10-25(20-40-30)46-16-14-45(15-17-46)18-19-56(55)29-9-5-8-26-33(29)38(54)48(36(26)52)28-11-13-31(50)43-35(28)51/h5,8-10,12,20-21,24,28H,3-4,6-7,11,13-19H2,1-2H3,(H,43,50,51)(H,40,41,42,44). The van der Waals surface area contributed by atoms with Gasteiger partial charge in [-0.2, -0.15) is 4.98 Å². The number of carbonyl (C=O) groups is 5. The number of imide groups is 2. The van der Waals surface area contributed by atoms with Gasteiger partial charge < -0.3 is 10.2 Å². The van der Waals surface area contributed by atoms with Crippen LogP contribution in [0.15, 0.2) is 52.4 Å². The monoisotopic (exact) mass is 779 g/mol. The number of carbonyl (C=O) groups excluding carboxylic acids is 5. The number of pyridine rings is 2. The van der Waals surface area contributed by atoms with Crippen molar-refractivity contribution in [3.05, 3.63) is 75.3 Å². The van der Waals surface area contributed by atoms with Gasteiger partial charge in [0.1, 0.15) is 17.5 Å². The number of nitrogens with one attached hydrogen (secondary N) is 2. The van der Waals surface area contributed by atoms with Crippen molar-refractivity contribution in [2.45, 2.75) is 69.4 Å². The topological polar surface area (TPSA) is 197 Å². The van der Waals surface area contributed by atoms with Crippen molar-refractivity contribution in [3.63, 3.8) is 0 Å². The Morgan fingerprint density at radius 3 is 2.41 bits per heavy atom. The summed E-state index contributed by atoms with van der Waals surface area (Å²) >= 11 is 0. The quantitative estimate of drug-likeness (QED) is 0.176. The summed E-state index contributed by atoms with van der Waals surface area (Å²) < 4.78 is 15.2. The predicted octanol–water partition coefficient (Wildman–Crippen LogP) is 2.89. The Hall–Kier alpha value is -5.68. The van der Waals surface area contributed by atoms with Crippen LogP contribution < -0.4 is 21.1 Å². The van der Waals surface area contributed by atoms with Gasteiger partial charge in [0.25, 0.3) is 17.4 Å². The lowest BCUT2D eigenvalue weighted by Gasteiger charge is -2.35. The third-order valence-electron chi connectivity index (χ3n) is 11.2. The van der Waals surface area contributed by atoms with Crippen molar-refractivity contribution in [1.29, 1.82) is 0 Å². The average Bonchev–Trinajstić information content (AvgIpc) is 3.80. The number of nitrogens with zero attached hydrogens (tertiary/aromatic N) is 7. The van der Waals surface area contributed by atoms with Crippen LogP contribution in [0.1, 0.15) is 88.1 Å². The number of fused-ring (bicyclic) bond motifs is 2. The largest absolute Gasteiger partial charge is 0.368 e. The van der Waals surface area contributed by atoms with E-state index in [9.17, 15) is 33.0 Å². The van der Waals surface area contributed by atoms with Crippen molar-refractivity contribution < 1.29 is 28.2 Å². The number of Topliss-reactive ketones (excluding diaryl/α,β-unsaturated/α-hetero) is 1. The van der Waals surface area contributed by atoms with Gasteiger partial charge in [-0.25, -0.2) is 9.97 Å². The molecule has 3 fully saturated rings. The lowest BCUT2D eigenvalue weighted by Crippen LogP contribution is -2.54. The average molecular weight is 780 g/mol. The van der Waals surface area contributed by atoms with Crippen molar-refractivity contribution in [1.82, 2.24) is 34.6 Å². The minimum Gasteiger partial charge on any atom is -0.368 e. The highest BCUT2D eigenvalue weighted by Crippen LogP contribution is 2.33. The summed E-state index contributed by atoms with van der Waals surface area (Å²) in [5.74, 6) is -1.60. The highest BCUT2D eigenvalue weighted by atomic mass is 32.2. The van der Waals surface area contributed by atoms with E-state index >= 15 is 0 Å². The Kier molecular flexibility index (Phi) is 10.0. The molecule has 4 amide bonds. The summed E-state index contributed by atoms with van der Waals surface area (Å²) in [7, 11) is -1.58. The summed E-state index contributed by atoms with van der Waals surface area (Å²) in [5.41, 5.74) is 2.09. The number of piperazine rings is 1. The number of ketones is 1. The number of rotatable bonds is 10. The molecule has 0 radical (unpaired) electrons. The zero-order chi connectivity index (χ0) is 39.2. The second-order valence-electron chi connectivity index (χ2n) is 14.6. The molecular formula is C39H41N9O7S. The van der Waals surface area contributed by atoms with Crippen LogP contribution in [0.4, 0.5) is 17.5 Å². The van der Waals surface area contributed by atoms with E-state index in [-0.39, 0.29) is 57.6 Å². The SMILES string of the molecule is CC(=O)c1c(C)c2cnc(Nc3ccc(N4CCN(CCS(=O)c5cccc6c5C(=O)N(C5CCC(=O)NC5=O)C6=O)CC4)cn3)nc2n(C2CCCC2)c1=O. The van der Waals surface area contributed by atoms with Gasteiger partial charge in [0.15, 0.2) is 5.78 Å². The zero-order valence-corrected chi connectivity index (χ0v) is 31.9. The molecule has 1 aliphatic carbocycles. The van der Waals surface area contributed by atoms with Gasteiger partial charge in [0.2, 0.25) is 17.8 Å². The van der Waals surface area contributed by atoms with Gasteiger partial charge in [0, 0.05) is 62.5 Å². The molecule has 8 rings (SSSR count). The predicted molar refractivity (Wildman–Crippen MR) is 207 cm³/mol. The summed E-state index contributed by atoms with van der Waals surface area (Å²) in [6.45, 7) is 6.54. The van der Waals surface area contributed by atoms with Crippen LogP contribution >= 0.6 is 0 Å². The fourth-order valence-corrected chi connectivity index (χ4v) is 9.59. The van der Waals surface area contributed by atoms with E-state index < -0.39 is 40.5 Å². The molecule has 0 spiro atoms. The number of hydrogen-bond donors (Lipinski definition) is 2. The third-order valence-corrected chi connectivity index (χ3v) is 12.6. The first-order valence-electron chi connectivity index (χ1n) is 18.9. The van der Waals surface area contributed by atoms with Gasteiger partial charge in [0.05, 0.1) is 44.3 Å². The van der Waals surface area contributed by atoms with Crippen LogP contribution in [0.2, 0.25) is 0 Å². The molecule has 4 aliphatic rings. The summed E-state index contributed by atoms with van der Waals surface area (Å²) in [5, 5.41) is 6.04. The Labute approximate surface area is 324 Å². The fourth-order valence-electron chi connectivity index (χ4n) is 8.30. The van der Waals surface area contributed by atoms with Gasteiger partial charge >= 0.3 is 0 Å². The lowest BCUT2D eigenvalue weighted by molar-refractivity contribution is -0.136. The minimum absolute atomic E-state index is 0.0198. The van der Waals surface area contributed by atoms with E-state index in [4.69, 9.17) is 4.98 Å². The maximum Gasteiger partial charge on any atom is 0.263 e. The van der Waals surface area contributed by atoms with Crippen LogP contribution in [0.5, 0.6) is 0 Å². The molecule has 2 atom stereocenters. The first-order valence-corrected chi connectivity index (χ1v) is 20.2. The number of amides is 4. The van der Waals surface area contributed by atoms with E-state index in [0.717, 1.165) is 36.3 Å². The van der Waals surface area contributed by atoms with Gasteiger partial charge in [-0.3, -0.25) is 52.7 Å². The molecule has 16 nitrogen and oxygen atoms in total. The number of aryl methyl sites for hydroxylation is 1. The molecule has 6 heterocycles. The van der Waals surface area contributed by atoms with Crippen LogP contribution in [0.3, 0.4) is 0 Å². The fraction of sp³-hybridized carbons (Fsp3) is 0.410. The molecule has 3 aliphatic heterocycles. The minimum atomic E-state index is -1.58. The van der Waals surface area contributed by atoms with Gasteiger partial charge in [-0.1, -0.05) is 18.9 Å². The van der Waals surface area contributed by atoms with Crippen LogP contribution in [-0.4, -0.2) is 107 Å². The summed E-state index contributed by atoms with van der Waals surface area (Å²) in [6, 6.07) is 7.38. The molecule has 0 bridgehead atoms. The number of piperidine rings is 1. The number of aromatic nitrogens is 4. The highest BCUT2D eigenvalue weighted by molar-refractivity contribution is 7.85. The first-order chi connectivity index (χ1) is 27.0. The van der Waals surface area contributed by atoms with E-state index in [0.29, 0.717) is 61.1 Å². The Morgan fingerprint density at radius 2 is 1.71 bits per heavy atom. The van der Waals surface area contributed by atoms with Crippen molar-refractivity contribution >= 4 is 68.7 Å². The maximum atomic E-state index is 13.6. The molecule has 2 N–H and O–H groups in total. The van der Waals surface area contributed by atoms with Crippen molar-refractivity contribution in [3.8, 4) is 0 Å². The number of anilines is 3. The molecular weight excluding hydrogens is 739 g/mol. The maximum absolute atomic E-state index is 13.6. The molecule has 4 aromatic rings. The second kappa shape index (κ2) is 15.1. The molecule has 56 heavy (non-hydrogen) atoms. The Morgan fingerprint density at radius 1 is 0.946 bits per heavy atom. The second-order valence-corrected chi connectivity index (χ2v) is 16.2. The molecule has 2 saturated heterocycles. The molecule has 17 heteroatoms. The smallest absolute Gasteiger partial charge is 0.263 e. The Balaban J connectivity index is 0.884. The van der Waals surface area contributed by atoms with E-state index in [1.807, 2.05) is 12.1 Å². The van der Waals surface area contributed by atoms with E-state index in [2.05, 4.69) is 30.4 Å². The highest BCUT2D eigenvalue weighted by Gasteiger charge is 2.46. The van der Waals surface area contributed by atoms with Gasteiger partial charge in [-0.05, 0) is 62.9 Å². The van der Waals surface area contributed by atoms with Crippen LogP contribution in [0, 0.1) is 6.92 Å². The third kappa shape index (κ3) is 6.78. The first kappa shape index (κ1) is 37.3. The molecule has 2 unspecified atom stereocenters. The lowest BCUT2D eigenvalue weighted by atomic mass is 10.0.